The maximum Gasteiger partial charge on any atom is 0.230 e. The Morgan fingerprint density at radius 1 is 1.33 bits per heavy atom. The van der Waals surface area contributed by atoms with E-state index in [0.29, 0.717) is 11.7 Å². The number of rotatable bonds is 6. The van der Waals surface area contributed by atoms with Gasteiger partial charge in [0.15, 0.2) is 4.34 Å². The van der Waals surface area contributed by atoms with Gasteiger partial charge in [-0.25, -0.2) is 4.98 Å². The molecule has 0 aliphatic carbocycles. The van der Waals surface area contributed by atoms with Gasteiger partial charge in [0.2, 0.25) is 5.91 Å². The lowest BCUT2D eigenvalue weighted by atomic mass is 9.96. The molecule has 1 unspecified atom stereocenters. The highest BCUT2D eigenvalue weighted by Gasteiger charge is 2.18. The number of benzene rings is 1. The van der Waals surface area contributed by atoms with Gasteiger partial charge in [0.25, 0.3) is 0 Å². The van der Waals surface area contributed by atoms with Crippen molar-refractivity contribution in [3.63, 3.8) is 0 Å². The topological polar surface area (TPSA) is 42.0 Å². The first kappa shape index (κ1) is 16.0. The Bertz CT molecular complexity index is 581. The van der Waals surface area contributed by atoms with Crippen LogP contribution in [0.2, 0.25) is 0 Å². The van der Waals surface area contributed by atoms with Crippen LogP contribution in [0.4, 0.5) is 0 Å². The second-order valence-corrected chi connectivity index (χ2v) is 7.32. The molecule has 1 aromatic heterocycles. The molecular weight excluding hydrogens is 300 g/mol. The van der Waals surface area contributed by atoms with Crippen molar-refractivity contribution >= 4 is 29.0 Å². The summed E-state index contributed by atoms with van der Waals surface area (Å²) in [4.78, 5) is 16.5. The first-order valence-electron chi connectivity index (χ1n) is 6.95. The molecule has 2 rings (SSSR count). The van der Waals surface area contributed by atoms with Crippen LogP contribution in [0.1, 0.15) is 31.1 Å². The van der Waals surface area contributed by atoms with Crippen LogP contribution in [0.3, 0.4) is 0 Å². The highest BCUT2D eigenvalue weighted by Crippen LogP contribution is 2.24. The number of hydrogen-bond acceptors (Lipinski definition) is 4. The van der Waals surface area contributed by atoms with Gasteiger partial charge in [0.1, 0.15) is 0 Å². The van der Waals surface area contributed by atoms with Crippen LogP contribution in [-0.2, 0) is 4.79 Å². The van der Waals surface area contributed by atoms with Crippen LogP contribution in [0.5, 0.6) is 0 Å². The first-order valence-corrected chi connectivity index (χ1v) is 8.82. The highest BCUT2D eigenvalue weighted by molar-refractivity contribution is 8.01. The van der Waals surface area contributed by atoms with Gasteiger partial charge < -0.3 is 5.32 Å². The van der Waals surface area contributed by atoms with E-state index < -0.39 is 0 Å². The summed E-state index contributed by atoms with van der Waals surface area (Å²) in [6.45, 7) is 6.20. The average molecular weight is 320 g/mol. The molecule has 1 atom stereocenters. The Labute approximate surface area is 134 Å². The van der Waals surface area contributed by atoms with E-state index in [9.17, 15) is 4.79 Å². The Kier molecular flexibility index (Phi) is 5.82. The molecule has 0 bridgehead atoms. The van der Waals surface area contributed by atoms with Gasteiger partial charge in [-0.1, -0.05) is 55.9 Å². The summed E-state index contributed by atoms with van der Waals surface area (Å²) in [7, 11) is 0. The summed E-state index contributed by atoms with van der Waals surface area (Å²) >= 11 is 3.08. The molecular formula is C16H20N2OS2. The number of carbonyl (C=O) groups excluding carboxylic acids is 1. The third kappa shape index (κ3) is 4.86. The van der Waals surface area contributed by atoms with Gasteiger partial charge in [-0.3, -0.25) is 4.79 Å². The van der Waals surface area contributed by atoms with Crippen molar-refractivity contribution in [1.29, 1.82) is 0 Å². The second-order valence-electron chi connectivity index (χ2n) is 5.24. The van der Waals surface area contributed by atoms with Crippen molar-refractivity contribution in [2.45, 2.75) is 31.2 Å². The lowest BCUT2D eigenvalue weighted by molar-refractivity contribution is -0.119. The maximum absolute atomic E-state index is 12.2. The lowest BCUT2D eigenvalue weighted by Gasteiger charge is -2.22. The van der Waals surface area contributed by atoms with Gasteiger partial charge in [0, 0.05) is 11.1 Å². The Hall–Kier alpha value is -1.33. The van der Waals surface area contributed by atoms with E-state index in [2.05, 4.69) is 36.3 Å². The number of nitrogens with one attached hydrogen (secondary N) is 1. The van der Waals surface area contributed by atoms with Crippen molar-refractivity contribution in [2.75, 3.05) is 5.75 Å². The monoisotopic (exact) mass is 320 g/mol. The number of aryl methyl sites for hydroxylation is 1. The SMILES string of the molecule is Cc1csc(SCC(=O)NC(c2ccccc2)C(C)C)n1. The van der Waals surface area contributed by atoms with Crippen LogP contribution in [0.15, 0.2) is 40.1 Å². The van der Waals surface area contributed by atoms with Gasteiger partial charge in [-0.05, 0) is 18.4 Å². The molecule has 21 heavy (non-hydrogen) atoms. The van der Waals surface area contributed by atoms with Crippen molar-refractivity contribution in [2.24, 2.45) is 5.92 Å². The summed E-state index contributed by atoms with van der Waals surface area (Å²) in [6, 6.07) is 10.2. The molecule has 5 heteroatoms. The van der Waals surface area contributed by atoms with E-state index in [1.54, 1.807) is 11.3 Å². The summed E-state index contributed by atoms with van der Waals surface area (Å²) < 4.78 is 0.948. The van der Waals surface area contributed by atoms with Crippen LogP contribution < -0.4 is 5.32 Å². The van der Waals surface area contributed by atoms with Crippen LogP contribution in [0, 0.1) is 12.8 Å². The fraction of sp³-hybridized carbons (Fsp3) is 0.375. The normalized spacial score (nSPS) is 12.4. The predicted octanol–water partition coefficient (Wildman–Crippen LogP) is 4.06. The minimum absolute atomic E-state index is 0.0513. The average Bonchev–Trinajstić information content (AvgIpc) is 2.89. The summed E-state index contributed by atoms with van der Waals surface area (Å²) in [5, 5.41) is 5.13. The quantitative estimate of drug-likeness (QED) is 0.816. The standard InChI is InChI=1S/C16H20N2OS2/c1-11(2)15(13-7-5-4-6-8-13)18-14(19)10-21-16-17-12(3)9-20-16/h4-9,11,15H,10H2,1-3H3,(H,18,19). The van der Waals surface area contributed by atoms with Crippen LogP contribution in [0.25, 0.3) is 0 Å². The second kappa shape index (κ2) is 7.61. The largest absolute Gasteiger partial charge is 0.348 e. The minimum Gasteiger partial charge on any atom is -0.348 e. The van der Waals surface area contributed by atoms with E-state index in [1.165, 1.54) is 11.8 Å². The smallest absolute Gasteiger partial charge is 0.230 e. The number of aromatic nitrogens is 1. The van der Waals surface area contributed by atoms with Gasteiger partial charge >= 0.3 is 0 Å². The molecule has 0 aliphatic rings. The lowest BCUT2D eigenvalue weighted by Crippen LogP contribution is -2.32. The van der Waals surface area contributed by atoms with Crippen molar-refractivity contribution in [3.8, 4) is 0 Å². The molecule has 0 fully saturated rings. The van der Waals surface area contributed by atoms with E-state index in [-0.39, 0.29) is 11.9 Å². The van der Waals surface area contributed by atoms with Crippen LogP contribution in [-0.4, -0.2) is 16.6 Å². The zero-order chi connectivity index (χ0) is 15.2. The molecule has 0 aliphatic heterocycles. The summed E-state index contributed by atoms with van der Waals surface area (Å²) in [5.41, 5.74) is 2.16. The molecule has 0 saturated heterocycles. The third-order valence-corrected chi connectivity index (χ3v) is 5.21. The highest BCUT2D eigenvalue weighted by atomic mass is 32.2. The van der Waals surface area contributed by atoms with Crippen molar-refractivity contribution < 1.29 is 4.79 Å². The Morgan fingerprint density at radius 3 is 2.62 bits per heavy atom. The number of thiazole rings is 1. The number of hydrogen-bond donors (Lipinski definition) is 1. The third-order valence-electron chi connectivity index (χ3n) is 3.07. The number of amides is 1. The molecule has 0 radical (unpaired) electrons. The van der Waals surface area contributed by atoms with E-state index in [4.69, 9.17) is 0 Å². The molecule has 3 nitrogen and oxygen atoms in total. The van der Waals surface area contributed by atoms with E-state index in [0.717, 1.165) is 15.6 Å². The maximum atomic E-state index is 12.2. The zero-order valence-corrected chi connectivity index (χ0v) is 14.1. The molecule has 1 amide bonds. The number of carbonyl (C=O) groups is 1. The van der Waals surface area contributed by atoms with E-state index >= 15 is 0 Å². The molecule has 1 heterocycles. The fourth-order valence-electron chi connectivity index (χ4n) is 2.04. The fourth-order valence-corrected chi connectivity index (χ4v) is 3.70. The molecule has 1 N–H and O–H groups in total. The Morgan fingerprint density at radius 2 is 2.05 bits per heavy atom. The van der Waals surface area contributed by atoms with Crippen molar-refractivity contribution in [3.05, 3.63) is 47.0 Å². The van der Waals surface area contributed by atoms with Crippen molar-refractivity contribution in [1.82, 2.24) is 10.3 Å². The predicted molar refractivity (Wildman–Crippen MR) is 89.7 cm³/mol. The first-order chi connectivity index (χ1) is 10.1. The minimum atomic E-state index is 0.0513. The number of thioether (sulfide) groups is 1. The zero-order valence-electron chi connectivity index (χ0n) is 12.5. The molecule has 1 aromatic carbocycles. The van der Waals surface area contributed by atoms with E-state index in [1.807, 2.05) is 30.5 Å². The van der Waals surface area contributed by atoms with Gasteiger partial charge in [-0.2, -0.15) is 0 Å². The van der Waals surface area contributed by atoms with Gasteiger partial charge in [-0.15, -0.1) is 11.3 Å². The summed E-state index contributed by atoms with van der Waals surface area (Å²) in [5.74, 6) is 0.807. The molecule has 112 valence electrons. The van der Waals surface area contributed by atoms with Crippen LogP contribution >= 0.6 is 23.1 Å². The molecule has 0 spiro atoms. The molecule has 2 aromatic rings. The number of nitrogens with zero attached hydrogens (tertiary/aromatic N) is 1. The molecule has 0 saturated carbocycles. The Balaban J connectivity index is 1.93. The van der Waals surface area contributed by atoms with Gasteiger partial charge in [0.05, 0.1) is 11.8 Å². The summed E-state index contributed by atoms with van der Waals surface area (Å²) in [6.07, 6.45) is 0.